The fourth-order valence-corrected chi connectivity index (χ4v) is 4.20. The van der Waals surface area contributed by atoms with Crippen molar-refractivity contribution in [1.82, 2.24) is 4.90 Å². The van der Waals surface area contributed by atoms with E-state index in [1.165, 1.54) is 43.2 Å². The third-order valence-electron chi connectivity index (χ3n) is 5.47. The van der Waals surface area contributed by atoms with E-state index in [2.05, 4.69) is 36.1 Å². The van der Waals surface area contributed by atoms with Crippen molar-refractivity contribution in [3.63, 3.8) is 0 Å². The van der Waals surface area contributed by atoms with Crippen LogP contribution in [0.5, 0.6) is 0 Å². The van der Waals surface area contributed by atoms with Crippen molar-refractivity contribution in [3.05, 3.63) is 35.4 Å². The zero-order chi connectivity index (χ0) is 16.1. The summed E-state index contributed by atoms with van der Waals surface area (Å²) in [5.74, 6) is 0. The van der Waals surface area contributed by atoms with Crippen molar-refractivity contribution in [2.75, 3.05) is 19.7 Å². The van der Waals surface area contributed by atoms with Gasteiger partial charge < -0.3 is 9.84 Å². The van der Waals surface area contributed by atoms with Crippen LogP contribution in [0, 0.1) is 0 Å². The highest BCUT2D eigenvalue weighted by molar-refractivity contribution is 5.31. The molecule has 1 aliphatic carbocycles. The van der Waals surface area contributed by atoms with E-state index in [0.29, 0.717) is 12.6 Å². The number of benzene rings is 1. The summed E-state index contributed by atoms with van der Waals surface area (Å²) in [7, 11) is 0. The molecule has 2 aliphatic rings. The van der Waals surface area contributed by atoms with E-state index in [9.17, 15) is 5.11 Å². The normalized spacial score (nSPS) is 26.7. The molecule has 3 nitrogen and oxygen atoms in total. The molecule has 0 spiro atoms. The summed E-state index contributed by atoms with van der Waals surface area (Å²) in [5.41, 5.74) is 2.75. The lowest BCUT2D eigenvalue weighted by Gasteiger charge is -2.36. The Hall–Kier alpha value is -0.900. The Bertz CT molecular complexity index is 490. The molecule has 1 fully saturated rings. The highest BCUT2D eigenvalue weighted by atomic mass is 16.5. The third kappa shape index (κ3) is 4.34. The quantitative estimate of drug-likeness (QED) is 0.868. The van der Waals surface area contributed by atoms with E-state index in [-0.39, 0.29) is 12.2 Å². The summed E-state index contributed by atoms with van der Waals surface area (Å²) in [6, 6.07) is 9.24. The number of aliphatic hydroxyl groups excluding tert-OH is 1. The molecule has 1 aliphatic heterocycles. The SMILES string of the molecule is CCC1CCCCN1CC(O)COC1CCCc2ccccc21. The average Bonchev–Trinajstić information content (AvgIpc) is 2.60. The second kappa shape index (κ2) is 8.27. The number of hydrogen-bond donors (Lipinski definition) is 1. The lowest BCUT2D eigenvalue weighted by molar-refractivity contribution is -0.0356. The van der Waals surface area contributed by atoms with E-state index < -0.39 is 0 Å². The Kier molecular flexibility index (Phi) is 6.09. The van der Waals surface area contributed by atoms with Gasteiger partial charge in [-0.3, -0.25) is 4.90 Å². The molecule has 3 atom stereocenters. The second-order valence-electron chi connectivity index (χ2n) is 7.12. The van der Waals surface area contributed by atoms with Gasteiger partial charge in [-0.25, -0.2) is 0 Å². The van der Waals surface area contributed by atoms with Crippen molar-refractivity contribution in [2.45, 2.75) is 70.1 Å². The highest BCUT2D eigenvalue weighted by Crippen LogP contribution is 2.32. The molecule has 0 radical (unpaired) electrons. The Morgan fingerprint density at radius 1 is 1.22 bits per heavy atom. The number of rotatable bonds is 6. The van der Waals surface area contributed by atoms with Gasteiger partial charge in [-0.05, 0) is 56.2 Å². The van der Waals surface area contributed by atoms with E-state index in [1.807, 2.05) is 0 Å². The fourth-order valence-electron chi connectivity index (χ4n) is 4.20. The predicted molar refractivity (Wildman–Crippen MR) is 93.6 cm³/mol. The summed E-state index contributed by atoms with van der Waals surface area (Å²) < 4.78 is 6.10. The monoisotopic (exact) mass is 317 g/mol. The van der Waals surface area contributed by atoms with Crippen LogP contribution in [0.3, 0.4) is 0 Å². The number of β-amino-alcohol motifs (C(OH)–C–C–N with tert-alkyl or cyclic N) is 1. The van der Waals surface area contributed by atoms with Crippen LogP contribution in [0.25, 0.3) is 0 Å². The second-order valence-corrected chi connectivity index (χ2v) is 7.12. The van der Waals surface area contributed by atoms with Crippen molar-refractivity contribution < 1.29 is 9.84 Å². The number of piperidine rings is 1. The van der Waals surface area contributed by atoms with Crippen LogP contribution in [0.15, 0.2) is 24.3 Å². The molecule has 128 valence electrons. The minimum absolute atomic E-state index is 0.165. The Balaban J connectivity index is 1.50. The molecule has 23 heavy (non-hydrogen) atoms. The van der Waals surface area contributed by atoms with Gasteiger partial charge in [0.05, 0.1) is 18.8 Å². The summed E-state index contributed by atoms with van der Waals surface area (Å²) >= 11 is 0. The third-order valence-corrected chi connectivity index (χ3v) is 5.47. The van der Waals surface area contributed by atoms with Crippen molar-refractivity contribution in [2.24, 2.45) is 0 Å². The zero-order valence-electron chi connectivity index (χ0n) is 14.4. The van der Waals surface area contributed by atoms with E-state index >= 15 is 0 Å². The van der Waals surface area contributed by atoms with Gasteiger partial charge in [-0.2, -0.15) is 0 Å². The summed E-state index contributed by atoms with van der Waals surface area (Å²) in [5, 5.41) is 10.4. The molecule has 1 saturated heterocycles. The van der Waals surface area contributed by atoms with Gasteiger partial charge in [0.25, 0.3) is 0 Å². The molecule has 0 bridgehead atoms. The molecule has 0 aromatic heterocycles. The molecule has 3 rings (SSSR count). The Labute approximate surface area is 140 Å². The van der Waals surface area contributed by atoms with Crippen molar-refractivity contribution in [1.29, 1.82) is 0 Å². The highest BCUT2D eigenvalue weighted by Gasteiger charge is 2.25. The molecule has 1 heterocycles. The van der Waals surface area contributed by atoms with Crippen LogP contribution < -0.4 is 0 Å². The van der Waals surface area contributed by atoms with Gasteiger partial charge in [0, 0.05) is 12.6 Å². The van der Waals surface area contributed by atoms with Gasteiger partial charge in [0.2, 0.25) is 0 Å². The van der Waals surface area contributed by atoms with Crippen molar-refractivity contribution in [3.8, 4) is 0 Å². The lowest BCUT2D eigenvalue weighted by Crippen LogP contribution is -2.44. The first-order chi connectivity index (χ1) is 11.3. The predicted octanol–water partition coefficient (Wildman–Crippen LogP) is 3.71. The first kappa shape index (κ1) is 16.9. The van der Waals surface area contributed by atoms with Crippen LogP contribution in [0.4, 0.5) is 0 Å². The Morgan fingerprint density at radius 3 is 2.96 bits per heavy atom. The molecular weight excluding hydrogens is 286 g/mol. The van der Waals surface area contributed by atoms with E-state index in [0.717, 1.165) is 25.9 Å². The maximum atomic E-state index is 10.4. The van der Waals surface area contributed by atoms with Crippen molar-refractivity contribution >= 4 is 0 Å². The molecule has 3 unspecified atom stereocenters. The number of hydrogen-bond acceptors (Lipinski definition) is 3. The average molecular weight is 317 g/mol. The fraction of sp³-hybridized carbons (Fsp3) is 0.700. The zero-order valence-corrected chi connectivity index (χ0v) is 14.4. The van der Waals surface area contributed by atoms with Gasteiger partial charge in [-0.15, -0.1) is 0 Å². The smallest absolute Gasteiger partial charge is 0.0900 e. The standard InChI is InChI=1S/C20H31NO2/c1-2-17-10-5-6-13-21(17)14-18(22)15-23-20-12-7-9-16-8-3-4-11-19(16)20/h3-4,8,11,17-18,20,22H,2,5-7,9-10,12-15H2,1H3. The first-order valence-electron chi connectivity index (χ1n) is 9.39. The van der Waals surface area contributed by atoms with Crippen LogP contribution in [0.2, 0.25) is 0 Å². The Morgan fingerprint density at radius 2 is 2.09 bits per heavy atom. The summed E-state index contributed by atoms with van der Waals surface area (Å²) in [4.78, 5) is 2.46. The van der Waals surface area contributed by atoms with E-state index in [4.69, 9.17) is 4.74 Å². The maximum Gasteiger partial charge on any atom is 0.0900 e. The molecular formula is C20H31NO2. The minimum Gasteiger partial charge on any atom is -0.389 e. The lowest BCUT2D eigenvalue weighted by atomic mass is 9.89. The number of aliphatic hydroxyl groups is 1. The number of nitrogens with zero attached hydrogens (tertiary/aromatic N) is 1. The minimum atomic E-state index is -0.378. The number of likely N-dealkylation sites (tertiary alicyclic amines) is 1. The van der Waals surface area contributed by atoms with Crippen LogP contribution >= 0.6 is 0 Å². The topological polar surface area (TPSA) is 32.7 Å². The van der Waals surface area contributed by atoms with Crippen LogP contribution in [-0.4, -0.2) is 41.8 Å². The van der Waals surface area contributed by atoms with Gasteiger partial charge in [0.1, 0.15) is 0 Å². The largest absolute Gasteiger partial charge is 0.389 e. The molecule has 0 saturated carbocycles. The van der Waals surface area contributed by atoms with Crippen LogP contribution in [-0.2, 0) is 11.2 Å². The van der Waals surface area contributed by atoms with E-state index in [1.54, 1.807) is 0 Å². The van der Waals surface area contributed by atoms with Gasteiger partial charge >= 0.3 is 0 Å². The molecule has 3 heteroatoms. The van der Waals surface area contributed by atoms with Crippen LogP contribution in [0.1, 0.15) is 62.7 Å². The molecule has 0 amide bonds. The first-order valence-corrected chi connectivity index (χ1v) is 9.39. The molecule has 1 aromatic carbocycles. The summed E-state index contributed by atoms with van der Waals surface area (Å²) in [6.07, 6.45) is 8.26. The molecule has 1 aromatic rings. The van der Waals surface area contributed by atoms with Gasteiger partial charge in [-0.1, -0.05) is 37.6 Å². The molecule has 1 N–H and O–H groups in total. The number of ether oxygens (including phenoxy) is 1. The maximum absolute atomic E-state index is 10.4. The number of aryl methyl sites for hydroxylation is 1. The number of fused-ring (bicyclic) bond motifs is 1. The van der Waals surface area contributed by atoms with Gasteiger partial charge in [0.15, 0.2) is 0 Å². The summed E-state index contributed by atoms with van der Waals surface area (Å²) in [6.45, 7) is 4.59.